The lowest BCUT2D eigenvalue weighted by molar-refractivity contribution is -0.142. The third kappa shape index (κ3) is 4.44. The van der Waals surface area contributed by atoms with Crippen LogP contribution in [-0.4, -0.2) is 27.6 Å². The van der Waals surface area contributed by atoms with Crippen LogP contribution in [0.3, 0.4) is 0 Å². The third-order valence-corrected chi connectivity index (χ3v) is 3.33. The lowest BCUT2D eigenvalue weighted by atomic mass is 10.1. The summed E-state index contributed by atoms with van der Waals surface area (Å²) in [6.45, 7) is 5.40. The van der Waals surface area contributed by atoms with E-state index < -0.39 is 24.0 Å². The Labute approximate surface area is 123 Å². The molecule has 0 saturated carbocycles. The molecule has 1 amide bonds. The fraction of sp³-hybridized carbons (Fsp3) is 0.533. The lowest BCUT2D eigenvalue weighted by Crippen LogP contribution is -2.45. The molecule has 0 spiro atoms. The second kappa shape index (κ2) is 7.61. The van der Waals surface area contributed by atoms with Gasteiger partial charge in [0.2, 0.25) is 5.91 Å². The second-order valence-corrected chi connectivity index (χ2v) is 5.06. The monoisotopic (exact) mass is 294 g/mol. The van der Waals surface area contributed by atoms with Crippen LogP contribution in [-0.2, 0) is 9.59 Å². The molecule has 1 aromatic heterocycles. The number of rotatable bonds is 7. The van der Waals surface area contributed by atoms with Crippen LogP contribution in [0.2, 0.25) is 0 Å². The quantitative estimate of drug-likeness (QED) is 0.797. The normalized spacial score (nSPS) is 13.5. The fourth-order valence-corrected chi connectivity index (χ4v) is 2.12. The van der Waals surface area contributed by atoms with Gasteiger partial charge in [-0.25, -0.2) is 4.79 Å². The smallest absolute Gasteiger partial charge is 0.326 e. The molecule has 0 bridgehead atoms. The second-order valence-electron chi connectivity index (χ2n) is 5.06. The summed E-state index contributed by atoms with van der Waals surface area (Å²) >= 11 is 0. The summed E-state index contributed by atoms with van der Waals surface area (Å²) in [5, 5.41) is 11.5. The van der Waals surface area contributed by atoms with Gasteiger partial charge >= 0.3 is 5.97 Å². The number of nitrogens with one attached hydrogen (secondary N) is 1. The molecule has 0 radical (unpaired) electrons. The van der Waals surface area contributed by atoms with Gasteiger partial charge in [-0.15, -0.1) is 0 Å². The molecule has 21 heavy (non-hydrogen) atoms. The summed E-state index contributed by atoms with van der Waals surface area (Å²) in [5.41, 5.74) is 0.566. The van der Waals surface area contributed by atoms with Crippen LogP contribution in [0.5, 0.6) is 0 Å². The summed E-state index contributed by atoms with van der Waals surface area (Å²) < 4.78 is 1.36. The number of aryl methyl sites for hydroxylation is 1. The number of carboxylic acids is 1. The van der Waals surface area contributed by atoms with E-state index in [1.165, 1.54) is 10.6 Å². The number of hydrogen-bond donors (Lipinski definition) is 2. The third-order valence-electron chi connectivity index (χ3n) is 3.33. The van der Waals surface area contributed by atoms with Crippen molar-refractivity contribution in [2.45, 2.75) is 52.1 Å². The average Bonchev–Trinajstić information content (AvgIpc) is 2.42. The van der Waals surface area contributed by atoms with Crippen molar-refractivity contribution in [1.29, 1.82) is 0 Å². The number of carboxylic acid groups (broad SMARTS) is 1. The summed E-state index contributed by atoms with van der Waals surface area (Å²) in [7, 11) is 0. The standard InChI is InChI=1S/C15H22N2O4/c1-4-6-12(14(19)16-11(5-2)15(20)21)17-8-7-10(3)9-13(17)18/h7-9,11-12H,4-6H2,1-3H3,(H,16,19)(H,20,21). The fourth-order valence-electron chi connectivity index (χ4n) is 2.12. The molecule has 0 aliphatic heterocycles. The van der Waals surface area contributed by atoms with Gasteiger partial charge < -0.3 is 15.0 Å². The van der Waals surface area contributed by atoms with Crippen molar-refractivity contribution in [2.75, 3.05) is 0 Å². The summed E-state index contributed by atoms with van der Waals surface area (Å²) in [5.74, 6) is -1.51. The summed E-state index contributed by atoms with van der Waals surface area (Å²) in [6.07, 6.45) is 3.06. The first kappa shape index (κ1) is 16.9. The van der Waals surface area contributed by atoms with Crippen LogP contribution in [0.4, 0.5) is 0 Å². The maximum Gasteiger partial charge on any atom is 0.326 e. The van der Waals surface area contributed by atoms with E-state index in [9.17, 15) is 14.4 Å². The highest BCUT2D eigenvalue weighted by atomic mass is 16.4. The molecule has 0 aromatic carbocycles. The van der Waals surface area contributed by atoms with Gasteiger partial charge in [0.05, 0.1) is 0 Å². The molecule has 6 heteroatoms. The number of aliphatic carboxylic acids is 1. The van der Waals surface area contributed by atoms with Gasteiger partial charge in [-0.05, 0) is 31.4 Å². The number of carbonyl (C=O) groups is 2. The Balaban J connectivity index is 3.03. The van der Waals surface area contributed by atoms with Gasteiger partial charge in [0, 0.05) is 12.3 Å². The molecule has 116 valence electrons. The van der Waals surface area contributed by atoms with Gasteiger partial charge in [-0.2, -0.15) is 0 Å². The first-order chi connectivity index (χ1) is 9.90. The van der Waals surface area contributed by atoms with E-state index in [2.05, 4.69) is 5.32 Å². The predicted octanol–water partition coefficient (Wildman–Crippen LogP) is 1.48. The molecule has 0 aliphatic rings. The minimum absolute atomic E-state index is 0.257. The van der Waals surface area contributed by atoms with Crippen LogP contribution in [0.1, 0.15) is 44.7 Å². The summed E-state index contributed by atoms with van der Waals surface area (Å²) in [6, 6.07) is 1.60. The zero-order chi connectivity index (χ0) is 16.0. The molecule has 1 rings (SSSR count). The highest BCUT2D eigenvalue weighted by Gasteiger charge is 2.25. The minimum Gasteiger partial charge on any atom is -0.480 e. The van der Waals surface area contributed by atoms with Crippen molar-refractivity contribution in [3.05, 3.63) is 34.2 Å². The van der Waals surface area contributed by atoms with Gasteiger partial charge in [-0.1, -0.05) is 20.3 Å². The van der Waals surface area contributed by atoms with Crippen molar-refractivity contribution in [3.8, 4) is 0 Å². The average molecular weight is 294 g/mol. The van der Waals surface area contributed by atoms with Crippen molar-refractivity contribution in [2.24, 2.45) is 0 Å². The number of aromatic nitrogens is 1. The maximum atomic E-state index is 12.3. The van der Waals surface area contributed by atoms with Crippen LogP contribution in [0.15, 0.2) is 23.1 Å². The van der Waals surface area contributed by atoms with E-state index in [1.54, 1.807) is 26.1 Å². The molecule has 2 atom stereocenters. The minimum atomic E-state index is -1.07. The van der Waals surface area contributed by atoms with Crippen molar-refractivity contribution >= 4 is 11.9 Å². The molecular formula is C15H22N2O4. The Hall–Kier alpha value is -2.11. The van der Waals surface area contributed by atoms with Gasteiger partial charge in [0.25, 0.3) is 5.56 Å². The molecule has 0 aliphatic carbocycles. The zero-order valence-electron chi connectivity index (χ0n) is 12.6. The number of hydrogen-bond acceptors (Lipinski definition) is 3. The molecule has 2 N–H and O–H groups in total. The molecule has 0 fully saturated rings. The van der Waals surface area contributed by atoms with Crippen molar-refractivity contribution in [1.82, 2.24) is 9.88 Å². The van der Waals surface area contributed by atoms with Gasteiger partial charge in [0.15, 0.2) is 0 Å². The van der Waals surface area contributed by atoms with E-state index in [4.69, 9.17) is 5.11 Å². The number of amides is 1. The largest absolute Gasteiger partial charge is 0.480 e. The topological polar surface area (TPSA) is 88.4 Å². The first-order valence-electron chi connectivity index (χ1n) is 7.12. The first-order valence-corrected chi connectivity index (χ1v) is 7.12. The van der Waals surface area contributed by atoms with E-state index in [0.29, 0.717) is 19.3 Å². The predicted molar refractivity (Wildman–Crippen MR) is 79.2 cm³/mol. The van der Waals surface area contributed by atoms with E-state index in [0.717, 1.165) is 5.56 Å². The molecule has 6 nitrogen and oxygen atoms in total. The molecule has 1 heterocycles. The van der Waals surface area contributed by atoms with Crippen LogP contribution < -0.4 is 10.9 Å². The van der Waals surface area contributed by atoms with Crippen LogP contribution in [0.25, 0.3) is 0 Å². The molecule has 2 unspecified atom stereocenters. The van der Waals surface area contributed by atoms with Crippen LogP contribution in [0, 0.1) is 6.92 Å². The van der Waals surface area contributed by atoms with Gasteiger partial charge in [-0.3, -0.25) is 9.59 Å². The number of carbonyl (C=O) groups excluding carboxylic acids is 1. The van der Waals surface area contributed by atoms with Gasteiger partial charge in [0.1, 0.15) is 12.1 Å². The van der Waals surface area contributed by atoms with E-state index in [-0.39, 0.29) is 5.56 Å². The Morgan fingerprint density at radius 1 is 1.38 bits per heavy atom. The number of nitrogens with zero attached hydrogens (tertiary/aromatic N) is 1. The van der Waals surface area contributed by atoms with Crippen LogP contribution >= 0.6 is 0 Å². The Kier molecular flexibility index (Phi) is 6.14. The highest BCUT2D eigenvalue weighted by Crippen LogP contribution is 2.13. The molecule has 0 saturated heterocycles. The Morgan fingerprint density at radius 3 is 2.52 bits per heavy atom. The summed E-state index contributed by atoms with van der Waals surface area (Å²) in [4.78, 5) is 35.3. The van der Waals surface area contributed by atoms with Crippen molar-refractivity contribution < 1.29 is 14.7 Å². The van der Waals surface area contributed by atoms with E-state index in [1.807, 2.05) is 6.92 Å². The lowest BCUT2D eigenvalue weighted by Gasteiger charge is -2.21. The highest BCUT2D eigenvalue weighted by molar-refractivity contribution is 5.85. The Morgan fingerprint density at radius 2 is 2.05 bits per heavy atom. The SMILES string of the molecule is CCCC(C(=O)NC(CC)C(=O)O)n1ccc(C)cc1=O. The zero-order valence-corrected chi connectivity index (χ0v) is 12.6. The molecular weight excluding hydrogens is 272 g/mol. The molecule has 1 aromatic rings. The maximum absolute atomic E-state index is 12.3. The number of pyridine rings is 1. The van der Waals surface area contributed by atoms with E-state index >= 15 is 0 Å². The Bertz CT molecular complexity index is 565. The van der Waals surface area contributed by atoms with Crippen molar-refractivity contribution in [3.63, 3.8) is 0 Å².